The zero-order valence-electron chi connectivity index (χ0n) is 11.6. The molecule has 1 rings (SSSR count). The van der Waals surface area contributed by atoms with E-state index >= 15 is 0 Å². The molecule has 0 spiro atoms. The second-order valence-corrected chi connectivity index (χ2v) is 6.72. The fraction of sp³-hybridized carbons (Fsp3) is 0.538. The summed E-state index contributed by atoms with van der Waals surface area (Å²) in [4.78, 5) is 0.343. The number of aliphatic hydroxyl groups is 1. The molecule has 1 atom stereocenters. The molecule has 1 unspecified atom stereocenters. The summed E-state index contributed by atoms with van der Waals surface area (Å²) in [5.41, 5.74) is 2.52. The van der Waals surface area contributed by atoms with E-state index in [4.69, 9.17) is 5.11 Å². The van der Waals surface area contributed by atoms with Crippen molar-refractivity contribution in [1.29, 1.82) is 0 Å². The largest absolute Gasteiger partial charge is 0.395 e. The molecular weight excluding hydrogens is 250 g/mol. The first kappa shape index (κ1) is 15.1. The molecule has 0 heterocycles. The second kappa shape index (κ2) is 5.38. The molecule has 0 amide bonds. The van der Waals surface area contributed by atoms with E-state index in [-0.39, 0.29) is 6.61 Å². The van der Waals surface area contributed by atoms with Crippen LogP contribution in [0.5, 0.6) is 0 Å². The van der Waals surface area contributed by atoms with Crippen molar-refractivity contribution in [3.63, 3.8) is 0 Å². The quantitative estimate of drug-likeness (QED) is 0.905. The van der Waals surface area contributed by atoms with Crippen LogP contribution in [-0.2, 0) is 10.0 Å². The van der Waals surface area contributed by atoms with Gasteiger partial charge < -0.3 is 5.11 Å². The van der Waals surface area contributed by atoms with Gasteiger partial charge in [0.1, 0.15) is 0 Å². The third-order valence-corrected chi connectivity index (χ3v) is 5.40. The molecule has 1 aromatic rings. The summed E-state index contributed by atoms with van der Waals surface area (Å²) in [7, 11) is -2.06. The van der Waals surface area contributed by atoms with Gasteiger partial charge in [-0.1, -0.05) is 17.7 Å². The zero-order chi connectivity index (χ0) is 14.1. The minimum absolute atomic E-state index is 0.195. The second-order valence-electron chi connectivity index (χ2n) is 4.78. The lowest BCUT2D eigenvalue weighted by Crippen LogP contribution is -2.37. The van der Waals surface area contributed by atoms with Gasteiger partial charge in [0.2, 0.25) is 10.0 Å². The number of aryl methyl sites for hydroxylation is 3. The number of benzene rings is 1. The minimum Gasteiger partial charge on any atom is -0.395 e. The Bertz CT molecular complexity index is 514. The molecule has 5 heteroatoms. The molecule has 0 saturated carbocycles. The zero-order valence-corrected chi connectivity index (χ0v) is 12.4. The van der Waals surface area contributed by atoms with Crippen LogP contribution in [0.2, 0.25) is 0 Å². The molecule has 0 radical (unpaired) electrons. The third kappa shape index (κ3) is 2.74. The summed E-state index contributed by atoms with van der Waals surface area (Å²) in [6.07, 6.45) is 0. The van der Waals surface area contributed by atoms with E-state index in [1.165, 1.54) is 11.4 Å². The number of hydrogen-bond acceptors (Lipinski definition) is 3. The summed E-state index contributed by atoms with van der Waals surface area (Å²) < 4.78 is 26.2. The monoisotopic (exact) mass is 271 g/mol. The van der Waals surface area contributed by atoms with Crippen LogP contribution in [0.15, 0.2) is 17.0 Å². The SMILES string of the molecule is Cc1cc(C)c(S(=O)(=O)N(C)C(C)CO)c(C)c1. The normalized spacial score (nSPS) is 13.9. The Morgan fingerprint density at radius 1 is 1.22 bits per heavy atom. The first-order valence-corrected chi connectivity index (χ1v) is 7.32. The van der Waals surface area contributed by atoms with Gasteiger partial charge in [-0.3, -0.25) is 0 Å². The van der Waals surface area contributed by atoms with Gasteiger partial charge in [0.25, 0.3) is 0 Å². The molecule has 1 N–H and O–H groups in total. The Labute approximate surface area is 109 Å². The molecule has 4 nitrogen and oxygen atoms in total. The summed E-state index contributed by atoms with van der Waals surface area (Å²) >= 11 is 0. The number of hydrogen-bond donors (Lipinski definition) is 1. The number of aliphatic hydroxyl groups excluding tert-OH is 1. The lowest BCUT2D eigenvalue weighted by atomic mass is 10.1. The molecule has 102 valence electrons. The van der Waals surface area contributed by atoms with Crippen LogP contribution in [0, 0.1) is 20.8 Å². The highest BCUT2D eigenvalue weighted by Crippen LogP contribution is 2.25. The number of sulfonamides is 1. The molecule has 18 heavy (non-hydrogen) atoms. The highest BCUT2D eigenvalue weighted by Gasteiger charge is 2.28. The third-order valence-electron chi connectivity index (χ3n) is 3.13. The van der Waals surface area contributed by atoms with Crippen molar-refractivity contribution >= 4 is 10.0 Å². The average molecular weight is 271 g/mol. The van der Waals surface area contributed by atoms with Crippen molar-refractivity contribution in [2.45, 2.75) is 38.6 Å². The maximum absolute atomic E-state index is 12.5. The predicted molar refractivity (Wildman–Crippen MR) is 72.1 cm³/mol. The van der Waals surface area contributed by atoms with Gasteiger partial charge in [-0.05, 0) is 38.8 Å². The lowest BCUT2D eigenvalue weighted by molar-refractivity contribution is 0.213. The van der Waals surface area contributed by atoms with Gasteiger partial charge in [-0.25, -0.2) is 8.42 Å². The van der Waals surface area contributed by atoms with E-state index in [1.54, 1.807) is 20.8 Å². The summed E-state index contributed by atoms with van der Waals surface area (Å²) in [5.74, 6) is 0. The van der Waals surface area contributed by atoms with E-state index in [1.807, 2.05) is 19.1 Å². The number of likely N-dealkylation sites (N-methyl/N-ethyl adjacent to an activating group) is 1. The average Bonchev–Trinajstić information content (AvgIpc) is 2.24. The molecule has 1 aromatic carbocycles. The first-order chi connectivity index (χ1) is 8.21. The Morgan fingerprint density at radius 3 is 2.06 bits per heavy atom. The van der Waals surface area contributed by atoms with E-state index in [0.29, 0.717) is 4.90 Å². The molecule has 0 fully saturated rings. The van der Waals surface area contributed by atoms with Crippen LogP contribution in [0.1, 0.15) is 23.6 Å². The van der Waals surface area contributed by atoms with Crippen molar-refractivity contribution in [2.75, 3.05) is 13.7 Å². The van der Waals surface area contributed by atoms with Crippen molar-refractivity contribution < 1.29 is 13.5 Å². The Morgan fingerprint density at radius 2 is 1.67 bits per heavy atom. The molecule has 0 bridgehead atoms. The van der Waals surface area contributed by atoms with Crippen LogP contribution >= 0.6 is 0 Å². The van der Waals surface area contributed by atoms with E-state index in [9.17, 15) is 8.42 Å². The molecule has 0 saturated heterocycles. The number of nitrogens with zero attached hydrogens (tertiary/aromatic N) is 1. The molecular formula is C13H21NO3S. The Kier molecular flexibility index (Phi) is 4.53. The van der Waals surface area contributed by atoms with Crippen molar-refractivity contribution in [3.8, 4) is 0 Å². The fourth-order valence-electron chi connectivity index (χ4n) is 2.07. The summed E-state index contributed by atoms with van der Waals surface area (Å²) in [6.45, 7) is 7.02. The summed E-state index contributed by atoms with van der Waals surface area (Å²) in [6, 6.07) is 3.28. The lowest BCUT2D eigenvalue weighted by Gasteiger charge is -2.24. The van der Waals surface area contributed by atoms with Gasteiger partial charge in [0.15, 0.2) is 0 Å². The highest BCUT2D eigenvalue weighted by atomic mass is 32.2. The van der Waals surface area contributed by atoms with E-state index in [0.717, 1.165) is 16.7 Å². The first-order valence-electron chi connectivity index (χ1n) is 5.88. The van der Waals surface area contributed by atoms with Gasteiger partial charge in [-0.15, -0.1) is 0 Å². The Balaban J connectivity index is 3.38. The molecule has 0 aliphatic heterocycles. The molecule has 0 aliphatic carbocycles. The minimum atomic E-state index is -3.56. The van der Waals surface area contributed by atoms with Crippen molar-refractivity contribution in [1.82, 2.24) is 4.31 Å². The Hall–Kier alpha value is -0.910. The maximum Gasteiger partial charge on any atom is 0.243 e. The van der Waals surface area contributed by atoms with Crippen LogP contribution in [0.4, 0.5) is 0 Å². The van der Waals surface area contributed by atoms with Crippen LogP contribution in [-0.4, -0.2) is 37.5 Å². The van der Waals surface area contributed by atoms with Gasteiger partial charge >= 0.3 is 0 Å². The fourth-order valence-corrected chi connectivity index (χ4v) is 3.83. The molecule has 0 aromatic heterocycles. The highest BCUT2D eigenvalue weighted by molar-refractivity contribution is 7.89. The van der Waals surface area contributed by atoms with Crippen LogP contribution in [0.25, 0.3) is 0 Å². The maximum atomic E-state index is 12.5. The van der Waals surface area contributed by atoms with Crippen LogP contribution in [0.3, 0.4) is 0 Å². The van der Waals surface area contributed by atoms with Crippen LogP contribution < -0.4 is 0 Å². The molecule has 0 aliphatic rings. The summed E-state index contributed by atoms with van der Waals surface area (Å²) in [5, 5.41) is 9.09. The standard InChI is InChI=1S/C13H21NO3S/c1-9-6-10(2)13(11(3)7-9)18(16,17)14(5)12(4)8-15/h6-7,12,15H,8H2,1-5H3. The van der Waals surface area contributed by atoms with Gasteiger partial charge in [-0.2, -0.15) is 4.31 Å². The topological polar surface area (TPSA) is 57.6 Å². The van der Waals surface area contributed by atoms with Gasteiger partial charge in [0, 0.05) is 13.1 Å². The predicted octanol–water partition coefficient (Wildman–Crippen LogP) is 1.61. The van der Waals surface area contributed by atoms with Crippen molar-refractivity contribution in [3.05, 3.63) is 28.8 Å². The van der Waals surface area contributed by atoms with Crippen molar-refractivity contribution in [2.24, 2.45) is 0 Å². The smallest absolute Gasteiger partial charge is 0.243 e. The van der Waals surface area contributed by atoms with Gasteiger partial charge in [0.05, 0.1) is 11.5 Å². The van der Waals surface area contributed by atoms with E-state index < -0.39 is 16.1 Å². The van der Waals surface area contributed by atoms with E-state index in [2.05, 4.69) is 0 Å². The number of rotatable bonds is 4.